The molecular weight excluding hydrogens is 268 g/mol. The molecule has 1 aromatic carbocycles. The van der Waals surface area contributed by atoms with Crippen LogP contribution in [-0.4, -0.2) is 21.2 Å². The van der Waals surface area contributed by atoms with Gasteiger partial charge in [-0.25, -0.2) is 0 Å². The monoisotopic (exact) mass is 284 g/mol. The average Bonchev–Trinajstić information content (AvgIpc) is 3.03. The van der Waals surface area contributed by atoms with Gasteiger partial charge in [0.1, 0.15) is 0 Å². The van der Waals surface area contributed by atoms with E-state index in [9.17, 15) is 10.1 Å². The number of hydrogen-bond donors (Lipinski definition) is 1. The standard InChI is InChI=1S/C15H16N4O2/c1-9-6-10(2-4-14(9)19(20)21)18-11-3-5-15(18)12-8-16-17-13(12)7-11/h2,4,6,8,11,15H,3,5,7H2,1H3,(H,16,17)/t11-,15-/m0/s1. The van der Waals surface area contributed by atoms with Crippen molar-refractivity contribution in [3.8, 4) is 0 Å². The number of nitro groups is 1. The lowest BCUT2D eigenvalue weighted by Crippen LogP contribution is -2.37. The van der Waals surface area contributed by atoms with Crippen LogP contribution in [0.1, 0.15) is 35.7 Å². The largest absolute Gasteiger partial charge is 0.361 e. The highest BCUT2D eigenvalue weighted by molar-refractivity contribution is 5.59. The van der Waals surface area contributed by atoms with Crippen molar-refractivity contribution in [1.29, 1.82) is 0 Å². The first-order valence-corrected chi connectivity index (χ1v) is 7.20. The summed E-state index contributed by atoms with van der Waals surface area (Å²) < 4.78 is 0. The average molecular weight is 284 g/mol. The van der Waals surface area contributed by atoms with Crippen molar-refractivity contribution in [3.63, 3.8) is 0 Å². The highest BCUT2D eigenvalue weighted by Gasteiger charge is 2.41. The number of nitrogens with zero attached hydrogens (tertiary/aromatic N) is 3. The van der Waals surface area contributed by atoms with Crippen LogP contribution in [0, 0.1) is 17.0 Å². The first kappa shape index (κ1) is 12.4. The molecule has 0 spiro atoms. The van der Waals surface area contributed by atoms with E-state index in [1.807, 2.05) is 18.3 Å². The third-order valence-corrected chi connectivity index (χ3v) is 4.73. The normalized spacial score (nSPS) is 23.2. The van der Waals surface area contributed by atoms with Gasteiger partial charge in [0.2, 0.25) is 0 Å². The molecule has 1 saturated heterocycles. The van der Waals surface area contributed by atoms with Crippen LogP contribution in [0.4, 0.5) is 11.4 Å². The Balaban J connectivity index is 1.75. The molecule has 2 bridgehead atoms. The van der Waals surface area contributed by atoms with Gasteiger partial charge >= 0.3 is 0 Å². The molecule has 2 aliphatic heterocycles. The maximum atomic E-state index is 11.0. The second-order valence-electron chi connectivity index (χ2n) is 5.89. The first-order chi connectivity index (χ1) is 10.1. The SMILES string of the molecule is Cc1cc(N2[C@H]3CC[C@H]2c2cn[nH]c2C3)ccc1[N+](=O)[O-]. The third kappa shape index (κ3) is 1.75. The van der Waals surface area contributed by atoms with Crippen LogP contribution in [-0.2, 0) is 6.42 Å². The molecule has 3 heterocycles. The van der Waals surface area contributed by atoms with E-state index in [0.29, 0.717) is 12.1 Å². The summed E-state index contributed by atoms with van der Waals surface area (Å²) in [5.74, 6) is 0. The Morgan fingerprint density at radius 1 is 1.43 bits per heavy atom. The molecule has 0 saturated carbocycles. The molecule has 4 rings (SSSR count). The highest BCUT2D eigenvalue weighted by atomic mass is 16.6. The molecule has 2 aromatic rings. The number of anilines is 1. The predicted octanol–water partition coefficient (Wildman–Crippen LogP) is 2.89. The Kier molecular flexibility index (Phi) is 2.54. The van der Waals surface area contributed by atoms with Gasteiger partial charge in [-0.3, -0.25) is 15.2 Å². The topological polar surface area (TPSA) is 75.1 Å². The molecule has 1 aromatic heterocycles. The molecule has 21 heavy (non-hydrogen) atoms. The van der Waals surface area contributed by atoms with Gasteiger partial charge in [-0.2, -0.15) is 5.10 Å². The lowest BCUT2D eigenvalue weighted by molar-refractivity contribution is -0.385. The molecule has 0 radical (unpaired) electrons. The van der Waals surface area contributed by atoms with Gasteiger partial charge in [0.25, 0.3) is 5.69 Å². The third-order valence-electron chi connectivity index (χ3n) is 4.73. The minimum absolute atomic E-state index is 0.187. The molecule has 2 atom stereocenters. The zero-order valence-corrected chi connectivity index (χ0v) is 11.7. The summed E-state index contributed by atoms with van der Waals surface area (Å²) in [6.45, 7) is 1.80. The molecule has 1 fully saturated rings. The summed E-state index contributed by atoms with van der Waals surface area (Å²) in [6.07, 6.45) is 5.17. The molecule has 0 aliphatic carbocycles. The zero-order valence-electron chi connectivity index (χ0n) is 11.7. The number of H-pyrrole nitrogens is 1. The van der Waals surface area contributed by atoms with E-state index in [4.69, 9.17) is 0 Å². The van der Waals surface area contributed by atoms with Gasteiger partial charge in [-0.1, -0.05) is 0 Å². The molecule has 108 valence electrons. The first-order valence-electron chi connectivity index (χ1n) is 7.20. The summed E-state index contributed by atoms with van der Waals surface area (Å²) >= 11 is 0. The van der Waals surface area contributed by atoms with Crippen LogP contribution in [0.15, 0.2) is 24.4 Å². The lowest BCUT2D eigenvalue weighted by atomic mass is 9.99. The smallest absolute Gasteiger partial charge is 0.272 e. The quantitative estimate of drug-likeness (QED) is 0.679. The molecule has 6 nitrogen and oxygen atoms in total. The summed E-state index contributed by atoms with van der Waals surface area (Å²) in [5, 5.41) is 18.2. The second-order valence-corrected chi connectivity index (χ2v) is 5.89. The molecular formula is C15H16N4O2. The van der Waals surface area contributed by atoms with E-state index in [2.05, 4.69) is 15.1 Å². The fourth-order valence-corrected chi connectivity index (χ4v) is 3.79. The number of rotatable bonds is 2. The van der Waals surface area contributed by atoms with Crippen molar-refractivity contribution in [2.45, 2.75) is 38.3 Å². The van der Waals surface area contributed by atoms with Crippen molar-refractivity contribution in [2.75, 3.05) is 4.90 Å². The molecule has 1 N–H and O–H groups in total. The van der Waals surface area contributed by atoms with E-state index in [1.165, 1.54) is 11.3 Å². The predicted molar refractivity (Wildman–Crippen MR) is 78.4 cm³/mol. The van der Waals surface area contributed by atoms with Crippen molar-refractivity contribution in [1.82, 2.24) is 10.2 Å². The Morgan fingerprint density at radius 2 is 2.29 bits per heavy atom. The van der Waals surface area contributed by atoms with E-state index in [1.54, 1.807) is 13.0 Å². The van der Waals surface area contributed by atoms with E-state index in [0.717, 1.165) is 30.5 Å². The zero-order chi connectivity index (χ0) is 14.6. The molecule has 0 amide bonds. The van der Waals surface area contributed by atoms with Crippen LogP contribution in [0.3, 0.4) is 0 Å². The maximum absolute atomic E-state index is 11.0. The van der Waals surface area contributed by atoms with Crippen LogP contribution in [0.2, 0.25) is 0 Å². The number of hydrogen-bond acceptors (Lipinski definition) is 4. The van der Waals surface area contributed by atoms with Gasteiger partial charge in [-0.05, 0) is 31.9 Å². The molecule has 6 heteroatoms. The number of aromatic amines is 1. The van der Waals surface area contributed by atoms with Crippen molar-refractivity contribution in [3.05, 3.63) is 51.3 Å². The summed E-state index contributed by atoms with van der Waals surface area (Å²) in [6, 6.07) is 6.24. The van der Waals surface area contributed by atoms with Crippen LogP contribution < -0.4 is 4.90 Å². The van der Waals surface area contributed by atoms with E-state index < -0.39 is 0 Å². The molecule has 2 aliphatic rings. The number of nitrogens with one attached hydrogen (secondary N) is 1. The molecule has 0 unspecified atom stereocenters. The highest BCUT2D eigenvalue weighted by Crippen LogP contribution is 2.46. The number of nitro benzene ring substituents is 1. The summed E-state index contributed by atoms with van der Waals surface area (Å²) in [5.41, 5.74) is 4.51. The van der Waals surface area contributed by atoms with Gasteiger partial charge in [0, 0.05) is 41.0 Å². The van der Waals surface area contributed by atoms with Gasteiger partial charge in [0.05, 0.1) is 17.2 Å². The van der Waals surface area contributed by atoms with Gasteiger partial charge in [0.15, 0.2) is 0 Å². The number of aromatic nitrogens is 2. The Morgan fingerprint density at radius 3 is 3.05 bits per heavy atom. The minimum atomic E-state index is -0.321. The van der Waals surface area contributed by atoms with Crippen LogP contribution >= 0.6 is 0 Å². The van der Waals surface area contributed by atoms with Crippen LogP contribution in [0.5, 0.6) is 0 Å². The van der Waals surface area contributed by atoms with Crippen molar-refractivity contribution < 1.29 is 4.92 Å². The Labute approximate surface area is 121 Å². The van der Waals surface area contributed by atoms with Crippen molar-refractivity contribution >= 4 is 11.4 Å². The number of fused-ring (bicyclic) bond motifs is 4. The maximum Gasteiger partial charge on any atom is 0.272 e. The van der Waals surface area contributed by atoms with Gasteiger partial charge in [-0.15, -0.1) is 0 Å². The summed E-state index contributed by atoms with van der Waals surface area (Å²) in [7, 11) is 0. The van der Waals surface area contributed by atoms with Gasteiger partial charge < -0.3 is 4.90 Å². The fraction of sp³-hybridized carbons (Fsp3) is 0.400. The number of benzene rings is 1. The minimum Gasteiger partial charge on any atom is -0.361 e. The van der Waals surface area contributed by atoms with Crippen LogP contribution in [0.25, 0.3) is 0 Å². The van der Waals surface area contributed by atoms with E-state index >= 15 is 0 Å². The fourth-order valence-electron chi connectivity index (χ4n) is 3.79. The van der Waals surface area contributed by atoms with E-state index in [-0.39, 0.29) is 10.6 Å². The lowest BCUT2D eigenvalue weighted by Gasteiger charge is -2.36. The summed E-state index contributed by atoms with van der Waals surface area (Å²) in [4.78, 5) is 13.0. The number of aryl methyl sites for hydroxylation is 1. The Hall–Kier alpha value is -2.37. The second kappa shape index (κ2) is 4.31. The van der Waals surface area contributed by atoms with Crippen molar-refractivity contribution in [2.24, 2.45) is 0 Å². The Bertz CT molecular complexity index is 724.